The molecule has 1 unspecified atom stereocenters. The van der Waals surface area contributed by atoms with E-state index in [0.717, 1.165) is 31.4 Å². The van der Waals surface area contributed by atoms with Crippen molar-refractivity contribution in [1.29, 1.82) is 0 Å². The molecule has 138 valence electrons. The van der Waals surface area contributed by atoms with Gasteiger partial charge in [-0.1, -0.05) is 33.8 Å². The SMILES string of the molecule is CCCC(=O)N1CCCC(C(=O)Nc2cc(C(C)(C)C)ccc2O)C1. The van der Waals surface area contributed by atoms with Gasteiger partial charge in [-0.25, -0.2) is 0 Å². The molecule has 1 aliphatic rings. The van der Waals surface area contributed by atoms with Crippen LogP contribution in [-0.2, 0) is 15.0 Å². The van der Waals surface area contributed by atoms with Gasteiger partial charge in [0, 0.05) is 19.5 Å². The molecule has 5 heteroatoms. The van der Waals surface area contributed by atoms with Crippen molar-refractivity contribution < 1.29 is 14.7 Å². The van der Waals surface area contributed by atoms with E-state index in [1.807, 2.05) is 19.1 Å². The van der Waals surface area contributed by atoms with E-state index < -0.39 is 0 Å². The molecule has 1 aliphatic heterocycles. The zero-order valence-corrected chi connectivity index (χ0v) is 15.8. The summed E-state index contributed by atoms with van der Waals surface area (Å²) in [6.07, 6.45) is 2.95. The first-order valence-corrected chi connectivity index (χ1v) is 9.14. The molecule has 2 N–H and O–H groups in total. The molecule has 1 aromatic carbocycles. The Kier molecular flexibility index (Phi) is 6.09. The zero-order chi connectivity index (χ0) is 18.6. The van der Waals surface area contributed by atoms with E-state index in [4.69, 9.17) is 0 Å². The highest BCUT2D eigenvalue weighted by atomic mass is 16.3. The summed E-state index contributed by atoms with van der Waals surface area (Å²) in [6.45, 7) is 9.44. The molecule has 25 heavy (non-hydrogen) atoms. The average molecular weight is 346 g/mol. The average Bonchev–Trinajstić information content (AvgIpc) is 2.56. The van der Waals surface area contributed by atoms with Crippen LogP contribution in [0.4, 0.5) is 5.69 Å². The molecule has 0 bridgehead atoms. The molecule has 1 aromatic rings. The van der Waals surface area contributed by atoms with E-state index >= 15 is 0 Å². The summed E-state index contributed by atoms with van der Waals surface area (Å²) in [4.78, 5) is 26.5. The van der Waals surface area contributed by atoms with Gasteiger partial charge in [-0.15, -0.1) is 0 Å². The largest absolute Gasteiger partial charge is 0.506 e. The number of anilines is 1. The molecule has 1 atom stereocenters. The highest BCUT2D eigenvalue weighted by molar-refractivity contribution is 5.94. The van der Waals surface area contributed by atoms with Gasteiger partial charge in [0.05, 0.1) is 11.6 Å². The highest BCUT2D eigenvalue weighted by Crippen LogP contribution is 2.31. The second-order valence-electron chi connectivity index (χ2n) is 7.90. The van der Waals surface area contributed by atoms with E-state index in [1.165, 1.54) is 0 Å². The molecule has 0 spiro atoms. The molecule has 0 aromatic heterocycles. The molecular weight excluding hydrogens is 316 g/mol. The number of benzene rings is 1. The number of likely N-dealkylation sites (tertiary alicyclic amines) is 1. The fourth-order valence-electron chi connectivity index (χ4n) is 3.13. The predicted molar refractivity (Wildman–Crippen MR) is 99.6 cm³/mol. The first kappa shape index (κ1) is 19.3. The number of carbonyl (C=O) groups excluding carboxylic acids is 2. The molecule has 1 heterocycles. The minimum atomic E-state index is -0.229. The van der Waals surface area contributed by atoms with Crippen LogP contribution in [0.1, 0.15) is 58.9 Å². The van der Waals surface area contributed by atoms with Gasteiger partial charge in [0.2, 0.25) is 11.8 Å². The molecule has 2 rings (SSSR count). The lowest BCUT2D eigenvalue weighted by Crippen LogP contribution is -2.43. The van der Waals surface area contributed by atoms with Gasteiger partial charge < -0.3 is 15.3 Å². The Balaban J connectivity index is 2.08. The maximum atomic E-state index is 12.6. The Morgan fingerprint density at radius 3 is 2.68 bits per heavy atom. The Morgan fingerprint density at radius 2 is 2.04 bits per heavy atom. The lowest BCUT2D eigenvalue weighted by Gasteiger charge is -2.32. The van der Waals surface area contributed by atoms with Crippen molar-refractivity contribution in [3.63, 3.8) is 0 Å². The summed E-state index contributed by atoms with van der Waals surface area (Å²) in [6, 6.07) is 5.32. The maximum absolute atomic E-state index is 12.6. The van der Waals surface area contributed by atoms with Crippen LogP contribution in [0.25, 0.3) is 0 Å². The number of rotatable bonds is 4. The Morgan fingerprint density at radius 1 is 1.32 bits per heavy atom. The van der Waals surface area contributed by atoms with E-state index in [-0.39, 0.29) is 28.9 Å². The number of amides is 2. The minimum Gasteiger partial charge on any atom is -0.506 e. The van der Waals surface area contributed by atoms with Gasteiger partial charge >= 0.3 is 0 Å². The Labute approximate surface area is 150 Å². The van der Waals surface area contributed by atoms with Crippen LogP contribution in [0, 0.1) is 5.92 Å². The molecule has 0 radical (unpaired) electrons. The molecule has 0 saturated carbocycles. The van der Waals surface area contributed by atoms with Crippen molar-refractivity contribution >= 4 is 17.5 Å². The highest BCUT2D eigenvalue weighted by Gasteiger charge is 2.28. The monoisotopic (exact) mass is 346 g/mol. The van der Waals surface area contributed by atoms with Crippen LogP contribution in [0.15, 0.2) is 18.2 Å². The van der Waals surface area contributed by atoms with Gasteiger partial charge in [-0.2, -0.15) is 0 Å². The lowest BCUT2D eigenvalue weighted by atomic mass is 9.86. The van der Waals surface area contributed by atoms with Crippen molar-refractivity contribution in [1.82, 2.24) is 4.90 Å². The Bertz CT molecular complexity index is 634. The summed E-state index contributed by atoms with van der Waals surface area (Å²) in [5, 5.41) is 12.9. The molecule has 2 amide bonds. The minimum absolute atomic E-state index is 0.0658. The number of aromatic hydroxyl groups is 1. The summed E-state index contributed by atoms with van der Waals surface area (Å²) >= 11 is 0. The molecule has 1 saturated heterocycles. The fraction of sp³-hybridized carbons (Fsp3) is 0.600. The number of nitrogens with zero attached hydrogens (tertiary/aromatic N) is 1. The van der Waals surface area contributed by atoms with Gasteiger partial charge in [0.1, 0.15) is 5.75 Å². The van der Waals surface area contributed by atoms with Crippen LogP contribution in [0.3, 0.4) is 0 Å². The number of phenolic OH excluding ortho intramolecular Hbond substituents is 1. The van der Waals surface area contributed by atoms with Gasteiger partial charge in [-0.3, -0.25) is 9.59 Å². The normalized spacial score (nSPS) is 18.1. The third-order valence-electron chi connectivity index (χ3n) is 4.73. The van der Waals surface area contributed by atoms with Gasteiger partial charge in [0.15, 0.2) is 0 Å². The van der Waals surface area contributed by atoms with Gasteiger partial charge in [-0.05, 0) is 42.4 Å². The van der Waals surface area contributed by atoms with Crippen molar-refractivity contribution in [2.45, 2.75) is 58.8 Å². The molecule has 1 fully saturated rings. The second-order valence-corrected chi connectivity index (χ2v) is 7.90. The first-order chi connectivity index (χ1) is 11.7. The number of phenols is 1. The zero-order valence-electron chi connectivity index (χ0n) is 15.8. The van der Waals surface area contributed by atoms with Gasteiger partial charge in [0.25, 0.3) is 0 Å². The van der Waals surface area contributed by atoms with E-state index in [2.05, 4.69) is 26.1 Å². The standard InChI is InChI=1S/C20H30N2O3/c1-5-7-18(24)22-11-6-8-14(13-22)19(25)21-16-12-15(20(2,3)4)9-10-17(16)23/h9-10,12,14,23H,5-8,11,13H2,1-4H3,(H,21,25). The quantitative estimate of drug-likeness (QED) is 0.817. The second kappa shape index (κ2) is 7.89. The van der Waals surface area contributed by atoms with Crippen LogP contribution in [0.2, 0.25) is 0 Å². The van der Waals surface area contributed by atoms with Crippen LogP contribution >= 0.6 is 0 Å². The molecule has 0 aliphatic carbocycles. The van der Waals surface area contributed by atoms with E-state index in [1.54, 1.807) is 11.0 Å². The number of hydrogen-bond donors (Lipinski definition) is 2. The van der Waals surface area contributed by atoms with Crippen LogP contribution < -0.4 is 5.32 Å². The number of piperidine rings is 1. The molecular formula is C20H30N2O3. The topological polar surface area (TPSA) is 69.6 Å². The third kappa shape index (κ3) is 4.97. The number of nitrogens with one attached hydrogen (secondary N) is 1. The number of hydrogen-bond acceptors (Lipinski definition) is 3. The number of carbonyl (C=O) groups is 2. The predicted octanol–water partition coefficient (Wildman–Crippen LogP) is 3.67. The van der Waals surface area contributed by atoms with E-state index in [9.17, 15) is 14.7 Å². The smallest absolute Gasteiger partial charge is 0.229 e. The summed E-state index contributed by atoms with van der Waals surface area (Å²) < 4.78 is 0. The summed E-state index contributed by atoms with van der Waals surface area (Å²) in [5.41, 5.74) is 1.42. The lowest BCUT2D eigenvalue weighted by molar-refractivity contribution is -0.134. The van der Waals surface area contributed by atoms with Crippen molar-refractivity contribution in [3.05, 3.63) is 23.8 Å². The van der Waals surface area contributed by atoms with Crippen molar-refractivity contribution in [3.8, 4) is 5.75 Å². The Hall–Kier alpha value is -2.04. The summed E-state index contributed by atoms with van der Waals surface area (Å²) in [5.74, 6) is -0.170. The molecule has 5 nitrogen and oxygen atoms in total. The van der Waals surface area contributed by atoms with Crippen molar-refractivity contribution in [2.24, 2.45) is 5.92 Å². The van der Waals surface area contributed by atoms with Crippen LogP contribution in [0.5, 0.6) is 5.75 Å². The van der Waals surface area contributed by atoms with Crippen molar-refractivity contribution in [2.75, 3.05) is 18.4 Å². The third-order valence-corrected chi connectivity index (χ3v) is 4.73. The summed E-state index contributed by atoms with van der Waals surface area (Å²) in [7, 11) is 0. The van der Waals surface area contributed by atoms with E-state index in [0.29, 0.717) is 18.7 Å². The van der Waals surface area contributed by atoms with Crippen LogP contribution in [-0.4, -0.2) is 34.9 Å². The fourth-order valence-corrected chi connectivity index (χ4v) is 3.13. The maximum Gasteiger partial charge on any atom is 0.229 e. The first-order valence-electron chi connectivity index (χ1n) is 9.14.